The molecule has 2 aromatic rings. The molecule has 0 radical (unpaired) electrons. The highest BCUT2D eigenvalue weighted by molar-refractivity contribution is 5.88. The molecule has 2 amide bonds. The molecule has 128 valence electrons. The largest absolute Gasteiger partial charge is 0.491 e. The van der Waals surface area contributed by atoms with Crippen LogP contribution in [0.4, 0.5) is 4.79 Å². The van der Waals surface area contributed by atoms with Crippen molar-refractivity contribution in [1.82, 2.24) is 10.6 Å². The third-order valence-electron chi connectivity index (χ3n) is 4.46. The lowest BCUT2D eigenvalue weighted by atomic mass is 10.1. The van der Waals surface area contributed by atoms with E-state index in [0.717, 1.165) is 35.8 Å². The first kappa shape index (κ1) is 16.6. The minimum atomic E-state index is -0.200. The summed E-state index contributed by atoms with van der Waals surface area (Å²) < 4.78 is 5.79. The van der Waals surface area contributed by atoms with Crippen LogP contribution >= 0.6 is 0 Å². The fourth-order valence-electron chi connectivity index (χ4n) is 3.18. The van der Waals surface area contributed by atoms with Crippen LogP contribution in [-0.2, 0) is 0 Å². The van der Waals surface area contributed by atoms with Gasteiger partial charge in [-0.3, -0.25) is 0 Å². The molecular formula is C19H24N2O3. The first-order valence-corrected chi connectivity index (χ1v) is 8.52. The van der Waals surface area contributed by atoms with Crippen LogP contribution in [0.15, 0.2) is 42.5 Å². The van der Waals surface area contributed by atoms with E-state index in [1.54, 1.807) is 0 Å². The molecule has 3 N–H and O–H groups in total. The monoisotopic (exact) mass is 328 g/mol. The Morgan fingerprint density at radius 2 is 1.96 bits per heavy atom. The number of benzene rings is 2. The Hall–Kier alpha value is -2.27. The predicted octanol–water partition coefficient (Wildman–Crippen LogP) is 2.68. The summed E-state index contributed by atoms with van der Waals surface area (Å²) in [6.07, 6.45) is 2.40. The minimum Gasteiger partial charge on any atom is -0.491 e. The minimum absolute atomic E-state index is 0.182. The molecule has 0 saturated heterocycles. The molecule has 24 heavy (non-hydrogen) atoms. The number of carbonyl (C=O) groups is 1. The number of fused-ring (bicyclic) bond motifs is 1. The molecule has 0 spiro atoms. The van der Waals surface area contributed by atoms with Crippen LogP contribution in [0, 0.1) is 5.92 Å². The summed E-state index contributed by atoms with van der Waals surface area (Å²) in [4.78, 5) is 11.8. The van der Waals surface area contributed by atoms with Gasteiger partial charge in [0, 0.05) is 11.9 Å². The molecule has 0 aliphatic heterocycles. The fourth-order valence-corrected chi connectivity index (χ4v) is 3.18. The maximum Gasteiger partial charge on any atom is 0.314 e. The lowest BCUT2D eigenvalue weighted by molar-refractivity contribution is 0.177. The summed E-state index contributed by atoms with van der Waals surface area (Å²) in [5.41, 5.74) is 0. The van der Waals surface area contributed by atoms with E-state index >= 15 is 0 Å². The number of hydrogen-bond acceptors (Lipinski definition) is 3. The number of aliphatic hydroxyl groups excluding tert-OH is 1. The third kappa shape index (κ3) is 4.38. The van der Waals surface area contributed by atoms with Gasteiger partial charge in [0.2, 0.25) is 0 Å². The van der Waals surface area contributed by atoms with E-state index in [9.17, 15) is 9.90 Å². The van der Waals surface area contributed by atoms with E-state index in [1.807, 2.05) is 42.5 Å². The van der Waals surface area contributed by atoms with Crippen LogP contribution in [-0.4, -0.2) is 36.9 Å². The highest BCUT2D eigenvalue weighted by Gasteiger charge is 2.22. The SMILES string of the molecule is O=C(NCCOc1cccc2ccccc12)NC[C@H]1CC[C@H](O)C1. The van der Waals surface area contributed by atoms with Crippen molar-refractivity contribution in [3.63, 3.8) is 0 Å². The van der Waals surface area contributed by atoms with Crippen molar-refractivity contribution in [3.05, 3.63) is 42.5 Å². The van der Waals surface area contributed by atoms with Gasteiger partial charge in [-0.2, -0.15) is 0 Å². The van der Waals surface area contributed by atoms with Gasteiger partial charge >= 0.3 is 6.03 Å². The Labute approximate surface area is 142 Å². The molecule has 1 fully saturated rings. The Morgan fingerprint density at radius 3 is 2.79 bits per heavy atom. The molecule has 1 aliphatic carbocycles. The second kappa shape index (κ2) is 8.02. The van der Waals surface area contributed by atoms with Crippen molar-refractivity contribution < 1.29 is 14.6 Å². The zero-order chi connectivity index (χ0) is 16.8. The van der Waals surface area contributed by atoms with Crippen LogP contribution in [0.25, 0.3) is 10.8 Å². The first-order chi connectivity index (χ1) is 11.7. The summed E-state index contributed by atoms with van der Waals surface area (Å²) in [6, 6.07) is 13.8. The summed E-state index contributed by atoms with van der Waals surface area (Å²) in [5, 5.41) is 17.3. The summed E-state index contributed by atoms with van der Waals surface area (Å²) >= 11 is 0. The van der Waals surface area contributed by atoms with Crippen LogP contribution in [0.1, 0.15) is 19.3 Å². The normalized spacial score (nSPS) is 20.0. The van der Waals surface area contributed by atoms with Gasteiger partial charge < -0.3 is 20.5 Å². The van der Waals surface area contributed by atoms with Crippen LogP contribution in [0.2, 0.25) is 0 Å². The Balaban J connectivity index is 1.38. The van der Waals surface area contributed by atoms with Crippen LogP contribution in [0.5, 0.6) is 5.75 Å². The third-order valence-corrected chi connectivity index (χ3v) is 4.46. The van der Waals surface area contributed by atoms with Crippen molar-refractivity contribution in [2.75, 3.05) is 19.7 Å². The van der Waals surface area contributed by atoms with Gasteiger partial charge in [0.1, 0.15) is 12.4 Å². The molecule has 1 aliphatic rings. The molecular weight excluding hydrogens is 304 g/mol. The molecule has 0 unspecified atom stereocenters. The lowest BCUT2D eigenvalue weighted by Crippen LogP contribution is -2.39. The van der Waals surface area contributed by atoms with Gasteiger partial charge in [0.25, 0.3) is 0 Å². The number of carbonyl (C=O) groups excluding carboxylic acids is 1. The molecule has 0 aromatic heterocycles. The predicted molar refractivity (Wildman–Crippen MR) is 94.2 cm³/mol. The molecule has 1 saturated carbocycles. The van der Waals surface area contributed by atoms with Gasteiger partial charge in [0.05, 0.1) is 12.6 Å². The number of rotatable bonds is 6. The molecule has 5 heteroatoms. The van der Waals surface area contributed by atoms with Gasteiger partial charge in [0.15, 0.2) is 0 Å². The van der Waals surface area contributed by atoms with Crippen molar-refractivity contribution in [2.24, 2.45) is 5.92 Å². The van der Waals surface area contributed by atoms with Crippen molar-refractivity contribution >= 4 is 16.8 Å². The van der Waals surface area contributed by atoms with Crippen molar-refractivity contribution in [3.8, 4) is 5.75 Å². The molecule has 2 atom stereocenters. The zero-order valence-electron chi connectivity index (χ0n) is 13.7. The first-order valence-electron chi connectivity index (χ1n) is 8.52. The molecule has 0 heterocycles. The average molecular weight is 328 g/mol. The molecule has 3 rings (SSSR count). The van der Waals surface area contributed by atoms with Gasteiger partial charge in [-0.1, -0.05) is 36.4 Å². The van der Waals surface area contributed by atoms with Gasteiger partial charge in [-0.25, -0.2) is 4.79 Å². The van der Waals surface area contributed by atoms with Crippen molar-refractivity contribution in [1.29, 1.82) is 0 Å². The molecule has 0 bridgehead atoms. The number of nitrogens with one attached hydrogen (secondary N) is 2. The highest BCUT2D eigenvalue weighted by Crippen LogP contribution is 2.25. The quantitative estimate of drug-likeness (QED) is 0.714. The zero-order valence-corrected chi connectivity index (χ0v) is 13.7. The Morgan fingerprint density at radius 1 is 1.12 bits per heavy atom. The van der Waals surface area contributed by atoms with E-state index < -0.39 is 0 Å². The summed E-state index contributed by atoms with van der Waals surface area (Å²) in [6.45, 7) is 1.49. The Bertz CT molecular complexity index is 684. The van der Waals surface area contributed by atoms with Crippen LogP contribution < -0.4 is 15.4 Å². The smallest absolute Gasteiger partial charge is 0.314 e. The van der Waals surface area contributed by atoms with E-state index in [-0.39, 0.29) is 12.1 Å². The highest BCUT2D eigenvalue weighted by atomic mass is 16.5. The van der Waals surface area contributed by atoms with Gasteiger partial charge in [-0.15, -0.1) is 0 Å². The summed E-state index contributed by atoms with van der Waals surface area (Å²) in [5.74, 6) is 1.22. The molecule has 5 nitrogen and oxygen atoms in total. The lowest BCUT2D eigenvalue weighted by Gasteiger charge is -2.13. The number of urea groups is 1. The topological polar surface area (TPSA) is 70.6 Å². The Kier molecular flexibility index (Phi) is 5.54. The van der Waals surface area contributed by atoms with E-state index in [0.29, 0.717) is 25.6 Å². The molecule has 2 aromatic carbocycles. The van der Waals surface area contributed by atoms with Gasteiger partial charge in [-0.05, 0) is 36.6 Å². The number of ether oxygens (including phenoxy) is 1. The average Bonchev–Trinajstić information content (AvgIpc) is 3.02. The van der Waals surface area contributed by atoms with Crippen LogP contribution in [0.3, 0.4) is 0 Å². The number of amides is 2. The number of aliphatic hydroxyl groups is 1. The second-order valence-electron chi connectivity index (χ2n) is 6.30. The van der Waals surface area contributed by atoms with Crippen molar-refractivity contribution in [2.45, 2.75) is 25.4 Å². The maximum absolute atomic E-state index is 11.8. The number of hydrogen-bond donors (Lipinski definition) is 3. The van der Waals surface area contributed by atoms with E-state index in [1.165, 1.54) is 0 Å². The standard InChI is InChI=1S/C19H24N2O3/c22-16-9-8-14(12-16)13-21-19(23)20-10-11-24-18-7-3-5-15-4-1-2-6-17(15)18/h1-7,14,16,22H,8-13H2,(H2,20,21,23)/t14-,16-/m0/s1. The summed E-state index contributed by atoms with van der Waals surface area (Å²) in [7, 11) is 0. The second-order valence-corrected chi connectivity index (χ2v) is 6.30. The van der Waals surface area contributed by atoms with E-state index in [4.69, 9.17) is 4.74 Å². The van der Waals surface area contributed by atoms with E-state index in [2.05, 4.69) is 10.6 Å². The fraction of sp³-hybridized carbons (Fsp3) is 0.421. The maximum atomic E-state index is 11.8.